The molecule has 3 atom stereocenters. The molecule has 5 nitrogen and oxygen atoms in total. The van der Waals surface area contributed by atoms with Crippen LogP contribution in [0.25, 0.3) is 0 Å². The van der Waals surface area contributed by atoms with Crippen LogP contribution in [0.2, 0.25) is 0 Å². The number of carbonyl (C=O) groups excluding carboxylic acids is 2. The van der Waals surface area contributed by atoms with Gasteiger partial charge in [0.2, 0.25) is 11.8 Å². The highest BCUT2D eigenvalue weighted by Crippen LogP contribution is 2.39. The summed E-state index contributed by atoms with van der Waals surface area (Å²) in [6.07, 6.45) is 2.47. The molecule has 0 unspecified atom stereocenters. The topological polar surface area (TPSA) is 74.7 Å². The van der Waals surface area contributed by atoms with Gasteiger partial charge >= 0.3 is 5.97 Å². The number of fused-ring (bicyclic) bond motifs is 1. The standard InChI is InChI=1S/C11H12ClNO4/c1-5(11(16)17)13-9(14)7-3-2-6(12)4-8(7)10(13)15/h2,5,7-8H,3-4H2,1H3,(H,16,17)/t5-,7+,8-/m1/s1. The second-order valence-electron chi connectivity index (χ2n) is 4.36. The summed E-state index contributed by atoms with van der Waals surface area (Å²) in [5, 5.41) is 9.45. The fourth-order valence-corrected chi connectivity index (χ4v) is 2.60. The lowest BCUT2D eigenvalue weighted by molar-refractivity contribution is -0.154. The molecule has 17 heavy (non-hydrogen) atoms. The third-order valence-electron chi connectivity index (χ3n) is 3.35. The first-order valence-electron chi connectivity index (χ1n) is 5.37. The SMILES string of the molecule is C[C@H](C(=O)O)N1C(=O)[C@H]2CC=C(Cl)C[C@H]2C1=O. The lowest BCUT2D eigenvalue weighted by atomic mass is 9.85. The molecule has 2 rings (SSSR count). The van der Waals surface area contributed by atoms with Crippen molar-refractivity contribution in [2.24, 2.45) is 11.8 Å². The van der Waals surface area contributed by atoms with E-state index in [-0.39, 0.29) is 0 Å². The molecular weight excluding hydrogens is 246 g/mol. The van der Waals surface area contributed by atoms with E-state index in [1.165, 1.54) is 6.92 Å². The molecule has 1 saturated heterocycles. The number of nitrogens with zero attached hydrogens (tertiary/aromatic N) is 1. The Hall–Kier alpha value is -1.36. The minimum absolute atomic E-state index is 0.333. The van der Waals surface area contributed by atoms with Gasteiger partial charge in [-0.25, -0.2) is 4.79 Å². The number of aliphatic carboxylic acids is 1. The van der Waals surface area contributed by atoms with E-state index in [9.17, 15) is 14.4 Å². The van der Waals surface area contributed by atoms with Crippen molar-refractivity contribution in [2.75, 3.05) is 0 Å². The van der Waals surface area contributed by atoms with Crippen molar-refractivity contribution in [1.82, 2.24) is 4.90 Å². The van der Waals surface area contributed by atoms with Gasteiger partial charge in [-0.15, -0.1) is 0 Å². The van der Waals surface area contributed by atoms with Gasteiger partial charge in [-0.05, 0) is 19.8 Å². The Morgan fingerprint density at radius 2 is 2.06 bits per heavy atom. The highest BCUT2D eigenvalue weighted by atomic mass is 35.5. The molecular formula is C11H12ClNO4. The Labute approximate surface area is 103 Å². The number of carbonyl (C=O) groups is 3. The predicted molar refractivity (Wildman–Crippen MR) is 59.1 cm³/mol. The third kappa shape index (κ3) is 1.84. The molecule has 1 heterocycles. The first-order chi connectivity index (χ1) is 7.93. The average molecular weight is 258 g/mol. The van der Waals surface area contributed by atoms with E-state index in [1.807, 2.05) is 0 Å². The number of imide groups is 1. The summed E-state index contributed by atoms with van der Waals surface area (Å²) in [6, 6.07) is -1.11. The fraction of sp³-hybridized carbons (Fsp3) is 0.545. The molecule has 2 amide bonds. The molecule has 92 valence electrons. The zero-order chi connectivity index (χ0) is 12.7. The third-order valence-corrected chi connectivity index (χ3v) is 3.66. The van der Waals surface area contributed by atoms with Gasteiger partial charge in [0.15, 0.2) is 0 Å². The highest BCUT2D eigenvalue weighted by molar-refractivity contribution is 6.30. The Morgan fingerprint density at radius 1 is 1.47 bits per heavy atom. The van der Waals surface area contributed by atoms with Gasteiger partial charge in [-0.3, -0.25) is 14.5 Å². The highest BCUT2D eigenvalue weighted by Gasteiger charge is 2.51. The number of allylic oxidation sites excluding steroid dienone is 2. The lowest BCUT2D eigenvalue weighted by Gasteiger charge is -2.18. The zero-order valence-electron chi connectivity index (χ0n) is 9.22. The second-order valence-corrected chi connectivity index (χ2v) is 4.85. The number of hydrogen-bond donors (Lipinski definition) is 1. The van der Waals surface area contributed by atoms with Crippen molar-refractivity contribution >= 4 is 29.4 Å². The molecule has 0 aromatic rings. The maximum absolute atomic E-state index is 12.0. The van der Waals surface area contributed by atoms with Gasteiger partial charge < -0.3 is 5.11 Å². The molecule has 1 aliphatic heterocycles. The van der Waals surface area contributed by atoms with Gasteiger partial charge in [0.25, 0.3) is 0 Å². The maximum atomic E-state index is 12.0. The molecule has 0 bridgehead atoms. The van der Waals surface area contributed by atoms with E-state index in [4.69, 9.17) is 16.7 Å². The van der Waals surface area contributed by atoms with Gasteiger partial charge in [-0.1, -0.05) is 17.7 Å². The van der Waals surface area contributed by atoms with Gasteiger partial charge in [-0.2, -0.15) is 0 Å². The lowest BCUT2D eigenvalue weighted by Crippen LogP contribution is -2.43. The van der Waals surface area contributed by atoms with Crippen LogP contribution in [0.3, 0.4) is 0 Å². The maximum Gasteiger partial charge on any atom is 0.326 e. The minimum atomic E-state index is -1.18. The van der Waals surface area contributed by atoms with Crippen LogP contribution in [0.4, 0.5) is 0 Å². The van der Waals surface area contributed by atoms with E-state index in [1.54, 1.807) is 6.08 Å². The summed E-state index contributed by atoms with van der Waals surface area (Å²) < 4.78 is 0. The molecule has 1 aliphatic carbocycles. The van der Waals surface area contributed by atoms with Gasteiger partial charge in [0.05, 0.1) is 11.8 Å². The van der Waals surface area contributed by atoms with Crippen LogP contribution in [0.5, 0.6) is 0 Å². The van der Waals surface area contributed by atoms with Crippen molar-refractivity contribution in [3.63, 3.8) is 0 Å². The number of hydrogen-bond acceptors (Lipinski definition) is 3. The van der Waals surface area contributed by atoms with Gasteiger partial charge in [0, 0.05) is 5.03 Å². The largest absolute Gasteiger partial charge is 0.480 e. The normalized spacial score (nSPS) is 30.0. The number of likely N-dealkylation sites (tertiary alicyclic amines) is 1. The van der Waals surface area contributed by atoms with Crippen LogP contribution in [-0.2, 0) is 14.4 Å². The molecule has 6 heteroatoms. The number of carboxylic acid groups (broad SMARTS) is 1. The molecule has 0 aromatic heterocycles. The van der Waals surface area contributed by atoms with E-state index in [0.29, 0.717) is 17.9 Å². The van der Waals surface area contributed by atoms with E-state index >= 15 is 0 Å². The average Bonchev–Trinajstić information content (AvgIpc) is 2.50. The Bertz CT molecular complexity index is 431. The molecule has 0 aromatic carbocycles. The number of amides is 2. The molecule has 0 radical (unpaired) electrons. The molecule has 1 N–H and O–H groups in total. The smallest absolute Gasteiger partial charge is 0.326 e. The Balaban J connectivity index is 2.28. The fourth-order valence-electron chi connectivity index (χ4n) is 2.35. The van der Waals surface area contributed by atoms with Crippen LogP contribution >= 0.6 is 11.6 Å². The summed E-state index contributed by atoms with van der Waals surface area (Å²) >= 11 is 5.85. The summed E-state index contributed by atoms with van der Waals surface area (Å²) in [6.45, 7) is 1.34. The van der Waals surface area contributed by atoms with Gasteiger partial charge in [0.1, 0.15) is 6.04 Å². The van der Waals surface area contributed by atoms with E-state index < -0.39 is 35.7 Å². The Kier molecular flexibility index (Phi) is 2.95. The second kappa shape index (κ2) is 4.14. The summed E-state index contributed by atoms with van der Waals surface area (Å²) in [5.41, 5.74) is 0. The summed E-state index contributed by atoms with van der Waals surface area (Å²) in [7, 11) is 0. The van der Waals surface area contributed by atoms with E-state index in [0.717, 1.165) is 4.90 Å². The van der Waals surface area contributed by atoms with Crippen LogP contribution < -0.4 is 0 Å². The molecule has 1 fully saturated rings. The molecule has 0 saturated carbocycles. The Morgan fingerprint density at radius 3 is 2.65 bits per heavy atom. The quantitative estimate of drug-likeness (QED) is 0.748. The minimum Gasteiger partial charge on any atom is -0.480 e. The summed E-state index contributed by atoms with van der Waals surface area (Å²) in [4.78, 5) is 35.7. The number of halogens is 1. The molecule has 2 aliphatic rings. The zero-order valence-corrected chi connectivity index (χ0v) is 9.98. The van der Waals surface area contributed by atoms with Crippen LogP contribution in [0, 0.1) is 11.8 Å². The van der Waals surface area contributed by atoms with Crippen molar-refractivity contribution < 1.29 is 19.5 Å². The predicted octanol–water partition coefficient (Wildman–Crippen LogP) is 0.977. The van der Waals surface area contributed by atoms with Crippen molar-refractivity contribution in [1.29, 1.82) is 0 Å². The van der Waals surface area contributed by atoms with Crippen molar-refractivity contribution in [3.05, 3.63) is 11.1 Å². The first kappa shape index (κ1) is 12.1. The van der Waals surface area contributed by atoms with Crippen molar-refractivity contribution in [2.45, 2.75) is 25.8 Å². The van der Waals surface area contributed by atoms with Crippen LogP contribution in [-0.4, -0.2) is 33.8 Å². The number of carboxylic acids is 1. The molecule has 0 spiro atoms. The summed E-state index contributed by atoms with van der Waals surface area (Å²) in [5.74, 6) is -2.91. The van der Waals surface area contributed by atoms with Crippen LogP contribution in [0.1, 0.15) is 19.8 Å². The van der Waals surface area contributed by atoms with E-state index in [2.05, 4.69) is 0 Å². The van der Waals surface area contributed by atoms with Crippen LogP contribution in [0.15, 0.2) is 11.1 Å². The number of rotatable bonds is 2. The first-order valence-corrected chi connectivity index (χ1v) is 5.75. The van der Waals surface area contributed by atoms with Crippen molar-refractivity contribution in [3.8, 4) is 0 Å². The monoisotopic (exact) mass is 257 g/mol.